The molecule has 0 radical (unpaired) electrons. The molecular weight excluding hydrogens is 434 g/mol. The Labute approximate surface area is 226 Å². The molecule has 1 heteroatoms. The summed E-state index contributed by atoms with van der Waals surface area (Å²) >= 11 is 0. The first kappa shape index (κ1) is 27.5. The molecule has 5 unspecified atom stereocenters. The molecule has 36 heavy (non-hydrogen) atoms. The summed E-state index contributed by atoms with van der Waals surface area (Å²) in [6.07, 6.45) is 33.9. The van der Waals surface area contributed by atoms with Gasteiger partial charge in [0.1, 0.15) is 0 Å². The topological polar surface area (TPSA) is 12.0 Å². The van der Waals surface area contributed by atoms with E-state index in [-0.39, 0.29) is 0 Å². The molecule has 0 aliphatic heterocycles. The Bertz CT molecular complexity index is 633. The van der Waals surface area contributed by atoms with Gasteiger partial charge in [-0.15, -0.1) is 0 Å². The summed E-state index contributed by atoms with van der Waals surface area (Å²) in [6, 6.07) is 0.807. The molecule has 208 valence electrons. The molecule has 0 bridgehead atoms. The number of rotatable bonds is 10. The molecule has 5 rings (SSSR count). The number of fused-ring (bicyclic) bond motifs is 3. The first-order valence-electron chi connectivity index (χ1n) is 17.4. The molecule has 5 fully saturated rings. The lowest BCUT2D eigenvalue weighted by Crippen LogP contribution is -2.40. The van der Waals surface area contributed by atoms with Gasteiger partial charge in [0.25, 0.3) is 0 Å². The fourth-order valence-corrected chi connectivity index (χ4v) is 11.4. The van der Waals surface area contributed by atoms with Crippen LogP contribution in [-0.4, -0.2) is 13.1 Å². The van der Waals surface area contributed by atoms with Crippen LogP contribution >= 0.6 is 0 Å². The van der Waals surface area contributed by atoms with Gasteiger partial charge in [0.2, 0.25) is 0 Å². The van der Waals surface area contributed by atoms with E-state index in [1.807, 2.05) is 0 Å². The van der Waals surface area contributed by atoms with Crippen LogP contribution in [-0.2, 0) is 0 Å². The van der Waals surface area contributed by atoms with Gasteiger partial charge in [-0.05, 0) is 137 Å². The van der Waals surface area contributed by atoms with Crippen molar-refractivity contribution in [3.05, 3.63) is 0 Å². The van der Waals surface area contributed by atoms with Gasteiger partial charge >= 0.3 is 0 Å². The van der Waals surface area contributed by atoms with E-state index in [1.165, 1.54) is 70.6 Å². The van der Waals surface area contributed by atoms with Gasteiger partial charge in [0.15, 0.2) is 0 Å². The summed E-state index contributed by atoms with van der Waals surface area (Å²) in [4.78, 5) is 0. The molecule has 0 aromatic carbocycles. The predicted molar refractivity (Wildman–Crippen MR) is 156 cm³/mol. The van der Waals surface area contributed by atoms with Crippen LogP contribution in [0.4, 0.5) is 0 Å². The molecule has 0 aromatic heterocycles. The fourth-order valence-electron chi connectivity index (χ4n) is 11.4. The third kappa shape index (κ3) is 5.77. The Morgan fingerprint density at radius 3 is 1.86 bits per heavy atom. The maximum absolute atomic E-state index is 3.59. The van der Waals surface area contributed by atoms with Crippen molar-refractivity contribution in [1.29, 1.82) is 0 Å². The minimum atomic E-state index is 0.716. The second kappa shape index (κ2) is 12.9. The van der Waals surface area contributed by atoms with Crippen molar-refractivity contribution in [2.75, 3.05) is 7.05 Å². The molecule has 6 atom stereocenters. The molecule has 0 spiro atoms. The highest BCUT2D eigenvalue weighted by Gasteiger charge is 2.61. The molecule has 5 saturated carbocycles. The lowest BCUT2D eigenvalue weighted by atomic mass is 9.57. The Balaban J connectivity index is 1.34. The Kier molecular flexibility index (Phi) is 9.84. The largest absolute Gasteiger partial charge is 0.317 e. The third-order valence-electron chi connectivity index (χ3n) is 13.2. The van der Waals surface area contributed by atoms with Crippen molar-refractivity contribution >= 4 is 0 Å². The van der Waals surface area contributed by atoms with Crippen LogP contribution < -0.4 is 5.32 Å². The molecule has 0 saturated heterocycles. The van der Waals surface area contributed by atoms with Gasteiger partial charge in [0.05, 0.1) is 0 Å². The van der Waals surface area contributed by atoms with Crippen molar-refractivity contribution in [1.82, 2.24) is 5.32 Å². The summed E-state index contributed by atoms with van der Waals surface area (Å²) in [5, 5.41) is 3.59. The average molecular weight is 498 g/mol. The first-order valence-corrected chi connectivity index (χ1v) is 17.4. The van der Waals surface area contributed by atoms with Gasteiger partial charge in [0, 0.05) is 6.04 Å². The van der Waals surface area contributed by atoms with Crippen LogP contribution in [0.3, 0.4) is 0 Å². The zero-order valence-corrected chi connectivity index (χ0v) is 24.8. The van der Waals surface area contributed by atoms with Crippen molar-refractivity contribution in [3.8, 4) is 0 Å². The Morgan fingerprint density at radius 1 is 0.611 bits per heavy atom. The molecule has 5 aliphatic carbocycles. The fraction of sp³-hybridized carbons (Fsp3) is 1.00. The summed E-state index contributed by atoms with van der Waals surface area (Å²) in [7, 11) is 2.19. The highest BCUT2D eigenvalue weighted by atomic mass is 14.9. The molecular formula is C35H63N. The minimum absolute atomic E-state index is 0.716. The van der Waals surface area contributed by atoms with Gasteiger partial charge in [-0.2, -0.15) is 0 Å². The molecule has 1 nitrogen and oxygen atoms in total. The van der Waals surface area contributed by atoms with Crippen molar-refractivity contribution in [2.45, 2.75) is 161 Å². The molecule has 0 heterocycles. The van der Waals surface area contributed by atoms with E-state index in [4.69, 9.17) is 0 Å². The Hall–Kier alpha value is -0.0400. The van der Waals surface area contributed by atoms with Crippen LogP contribution in [0.2, 0.25) is 0 Å². The van der Waals surface area contributed by atoms with E-state index in [2.05, 4.69) is 26.2 Å². The zero-order chi connectivity index (χ0) is 25.0. The standard InChI is InChI=1S/C35H63N/c1-4-6-21-35(22-7-5-2)33-24-27(23-26-11-9-8-10-12-26)13-19-31(33)32-20-16-29(25-34(32)35)28-14-17-30(36-3)18-15-28/h26-34,36H,4-25H2,1-3H3/t27-,28?,29?,30?,31?,32?,33?,34?/m1/s1. The lowest BCUT2D eigenvalue weighted by Gasteiger charge is -2.48. The highest BCUT2D eigenvalue weighted by molar-refractivity contribution is 5.10. The van der Waals surface area contributed by atoms with Crippen molar-refractivity contribution in [2.24, 2.45) is 52.8 Å². The molecule has 5 aliphatic rings. The second-order valence-electron chi connectivity index (χ2n) is 14.9. The number of hydrogen-bond acceptors (Lipinski definition) is 1. The molecule has 1 N–H and O–H groups in total. The number of hydrogen-bond donors (Lipinski definition) is 1. The monoisotopic (exact) mass is 497 g/mol. The van der Waals surface area contributed by atoms with E-state index in [0.717, 1.165) is 53.4 Å². The lowest BCUT2D eigenvalue weighted by molar-refractivity contribution is 0.0170. The van der Waals surface area contributed by atoms with E-state index in [9.17, 15) is 0 Å². The van der Waals surface area contributed by atoms with Crippen molar-refractivity contribution < 1.29 is 0 Å². The maximum Gasteiger partial charge on any atom is 0.00642 e. The van der Waals surface area contributed by atoms with E-state index >= 15 is 0 Å². The van der Waals surface area contributed by atoms with Gasteiger partial charge in [-0.1, -0.05) is 78.1 Å². The van der Waals surface area contributed by atoms with Gasteiger partial charge in [-0.25, -0.2) is 0 Å². The van der Waals surface area contributed by atoms with Crippen LogP contribution in [0.15, 0.2) is 0 Å². The summed E-state index contributed by atoms with van der Waals surface area (Å²) in [6.45, 7) is 4.93. The molecule has 0 amide bonds. The van der Waals surface area contributed by atoms with E-state index < -0.39 is 0 Å². The number of unbranched alkanes of at least 4 members (excludes halogenated alkanes) is 2. The second-order valence-corrected chi connectivity index (χ2v) is 14.9. The van der Waals surface area contributed by atoms with E-state index in [1.54, 1.807) is 70.6 Å². The van der Waals surface area contributed by atoms with Gasteiger partial charge in [-0.3, -0.25) is 0 Å². The van der Waals surface area contributed by atoms with Crippen LogP contribution in [0.1, 0.15) is 155 Å². The normalized spacial score (nSPS) is 41.1. The Morgan fingerprint density at radius 2 is 1.22 bits per heavy atom. The quantitative estimate of drug-likeness (QED) is 0.316. The van der Waals surface area contributed by atoms with Crippen molar-refractivity contribution in [3.63, 3.8) is 0 Å². The average Bonchev–Trinajstić information content (AvgIpc) is 3.20. The minimum Gasteiger partial charge on any atom is -0.317 e. The predicted octanol–water partition coefficient (Wildman–Crippen LogP) is 10.2. The number of nitrogens with one attached hydrogen (secondary N) is 1. The van der Waals surface area contributed by atoms with Crippen LogP contribution in [0.25, 0.3) is 0 Å². The SMILES string of the molecule is CCCCC1(CCCC)C2CC(C3CCC(NC)CC3)CCC2C2CC[C@H](CC3CCCCC3)CC21. The third-order valence-corrected chi connectivity index (χ3v) is 13.2. The zero-order valence-electron chi connectivity index (χ0n) is 24.8. The van der Waals surface area contributed by atoms with Crippen LogP contribution in [0.5, 0.6) is 0 Å². The van der Waals surface area contributed by atoms with Gasteiger partial charge < -0.3 is 5.32 Å². The smallest absolute Gasteiger partial charge is 0.00642 e. The summed E-state index contributed by atoms with van der Waals surface area (Å²) in [5.41, 5.74) is 0.716. The first-order chi connectivity index (χ1) is 17.7. The molecule has 0 aromatic rings. The van der Waals surface area contributed by atoms with E-state index in [0.29, 0.717) is 5.41 Å². The summed E-state index contributed by atoms with van der Waals surface area (Å²) in [5.74, 6) is 8.65. The van der Waals surface area contributed by atoms with Crippen LogP contribution in [0, 0.1) is 52.8 Å². The maximum atomic E-state index is 3.59. The highest BCUT2D eigenvalue weighted by Crippen LogP contribution is 2.68. The summed E-state index contributed by atoms with van der Waals surface area (Å²) < 4.78 is 0.